The molecule has 0 spiro atoms. The van der Waals surface area contributed by atoms with Gasteiger partial charge in [-0.05, 0) is 48.7 Å². The van der Waals surface area contributed by atoms with Crippen LogP contribution in [0.1, 0.15) is 22.4 Å². The van der Waals surface area contributed by atoms with Crippen molar-refractivity contribution in [1.82, 2.24) is 4.98 Å². The molecule has 2 aromatic rings. The van der Waals surface area contributed by atoms with Gasteiger partial charge in [0.1, 0.15) is 11.9 Å². The molecule has 3 rings (SSSR count). The first-order valence-corrected chi connectivity index (χ1v) is 7.85. The Labute approximate surface area is 137 Å². The van der Waals surface area contributed by atoms with Gasteiger partial charge in [0.2, 0.25) is 0 Å². The molecule has 0 N–H and O–H groups in total. The molecule has 2 heterocycles. The van der Waals surface area contributed by atoms with Crippen molar-refractivity contribution in [1.29, 1.82) is 5.26 Å². The van der Waals surface area contributed by atoms with Crippen LogP contribution < -0.4 is 4.90 Å². The van der Waals surface area contributed by atoms with Gasteiger partial charge in [0, 0.05) is 28.3 Å². The van der Waals surface area contributed by atoms with Crippen molar-refractivity contribution in [2.75, 3.05) is 11.4 Å². The van der Waals surface area contributed by atoms with E-state index in [2.05, 4.69) is 31.9 Å². The molecule has 3 nitrogen and oxygen atoms in total. The minimum absolute atomic E-state index is 0.607. The van der Waals surface area contributed by atoms with Crippen LogP contribution in [0.5, 0.6) is 0 Å². The van der Waals surface area contributed by atoms with Crippen molar-refractivity contribution in [2.45, 2.75) is 19.9 Å². The van der Waals surface area contributed by atoms with E-state index in [0.29, 0.717) is 12.1 Å². The van der Waals surface area contributed by atoms with Crippen LogP contribution in [0.15, 0.2) is 28.7 Å². The average Bonchev–Trinajstić information content (AvgIpc) is 2.50. The second-order valence-electron chi connectivity index (χ2n) is 5.09. The van der Waals surface area contributed by atoms with Gasteiger partial charge in [0.05, 0.1) is 5.56 Å². The Balaban J connectivity index is 2.03. The maximum Gasteiger partial charge on any atom is 0.147 e. The van der Waals surface area contributed by atoms with Crippen LogP contribution in [-0.2, 0) is 13.0 Å². The third-order valence-corrected chi connectivity index (χ3v) is 4.83. The molecule has 0 saturated carbocycles. The molecule has 1 aliphatic rings. The van der Waals surface area contributed by atoms with E-state index in [0.717, 1.165) is 39.5 Å². The second-order valence-corrected chi connectivity index (χ2v) is 6.36. The maximum absolute atomic E-state index is 9.28. The number of fused-ring (bicyclic) bond motifs is 1. The first-order valence-electron chi connectivity index (χ1n) is 6.68. The van der Waals surface area contributed by atoms with Crippen LogP contribution in [0.2, 0.25) is 5.02 Å². The first kappa shape index (κ1) is 14.4. The highest BCUT2D eigenvalue weighted by Crippen LogP contribution is 2.34. The molecule has 5 heteroatoms. The maximum atomic E-state index is 9.28. The van der Waals surface area contributed by atoms with Crippen molar-refractivity contribution < 1.29 is 0 Å². The molecule has 0 bridgehead atoms. The molecule has 0 aliphatic carbocycles. The van der Waals surface area contributed by atoms with E-state index in [1.807, 2.05) is 31.2 Å². The summed E-state index contributed by atoms with van der Waals surface area (Å²) in [6, 6.07) is 9.81. The second kappa shape index (κ2) is 5.67. The summed E-state index contributed by atoms with van der Waals surface area (Å²) in [5, 5.41) is 10.1. The lowest BCUT2D eigenvalue weighted by molar-refractivity contribution is 0.716. The first-order chi connectivity index (χ1) is 10.1. The number of rotatable bonds is 1. The lowest BCUT2D eigenvalue weighted by Crippen LogP contribution is -2.32. The van der Waals surface area contributed by atoms with Crippen LogP contribution in [0.25, 0.3) is 0 Å². The summed E-state index contributed by atoms with van der Waals surface area (Å²) in [5.41, 5.74) is 3.89. The number of aromatic nitrogens is 1. The zero-order valence-electron chi connectivity index (χ0n) is 11.5. The van der Waals surface area contributed by atoms with Gasteiger partial charge >= 0.3 is 0 Å². The Hall–Kier alpha value is -1.57. The molecule has 0 amide bonds. The normalized spacial score (nSPS) is 13.7. The summed E-state index contributed by atoms with van der Waals surface area (Å²) in [4.78, 5) is 6.67. The number of pyridine rings is 1. The van der Waals surface area contributed by atoms with E-state index >= 15 is 0 Å². The van der Waals surface area contributed by atoms with E-state index in [1.54, 1.807) is 0 Å². The summed E-state index contributed by atoms with van der Waals surface area (Å²) < 4.78 is 1.10. The van der Waals surface area contributed by atoms with Crippen molar-refractivity contribution in [2.24, 2.45) is 0 Å². The predicted octanol–water partition coefficient (Wildman–Crippen LogP) is 4.24. The van der Waals surface area contributed by atoms with Crippen LogP contribution in [0, 0.1) is 18.3 Å². The highest BCUT2D eigenvalue weighted by molar-refractivity contribution is 9.10. The van der Waals surface area contributed by atoms with E-state index in [4.69, 9.17) is 11.6 Å². The SMILES string of the molecule is Cc1ccc(C#N)c(N2CCc3c(Br)ccc(Cl)c3C2)n1. The van der Waals surface area contributed by atoms with E-state index in [1.165, 1.54) is 5.56 Å². The van der Waals surface area contributed by atoms with Gasteiger partial charge in [-0.3, -0.25) is 0 Å². The quantitative estimate of drug-likeness (QED) is 0.762. The number of halogens is 2. The molecule has 0 fully saturated rings. The Morgan fingerprint density at radius 2 is 2.10 bits per heavy atom. The lowest BCUT2D eigenvalue weighted by Gasteiger charge is -2.31. The van der Waals surface area contributed by atoms with Crippen molar-refractivity contribution in [3.05, 3.63) is 56.1 Å². The van der Waals surface area contributed by atoms with E-state index in [9.17, 15) is 5.26 Å². The van der Waals surface area contributed by atoms with Gasteiger partial charge in [0.15, 0.2) is 0 Å². The zero-order chi connectivity index (χ0) is 15.0. The molecule has 0 atom stereocenters. The fraction of sp³-hybridized carbons (Fsp3) is 0.250. The summed E-state index contributed by atoms with van der Waals surface area (Å²) >= 11 is 9.93. The molecule has 1 aromatic heterocycles. The van der Waals surface area contributed by atoms with Crippen LogP contribution in [-0.4, -0.2) is 11.5 Å². The minimum Gasteiger partial charge on any atom is -0.351 e. The molecule has 21 heavy (non-hydrogen) atoms. The summed E-state index contributed by atoms with van der Waals surface area (Å²) in [5.74, 6) is 0.749. The van der Waals surface area contributed by atoms with Crippen LogP contribution >= 0.6 is 27.5 Å². The molecule has 106 valence electrons. The van der Waals surface area contributed by atoms with Gasteiger partial charge < -0.3 is 4.90 Å². The molecule has 1 aliphatic heterocycles. The van der Waals surface area contributed by atoms with Gasteiger partial charge in [0.25, 0.3) is 0 Å². The average molecular weight is 363 g/mol. The Morgan fingerprint density at radius 1 is 1.29 bits per heavy atom. The molecule has 1 aromatic carbocycles. The van der Waals surface area contributed by atoms with Crippen molar-refractivity contribution in [3.8, 4) is 6.07 Å². The lowest BCUT2D eigenvalue weighted by atomic mass is 9.99. The summed E-state index contributed by atoms with van der Waals surface area (Å²) in [6.07, 6.45) is 0.886. The molecule has 0 radical (unpaired) electrons. The van der Waals surface area contributed by atoms with Crippen molar-refractivity contribution in [3.63, 3.8) is 0 Å². The molecule has 0 saturated heterocycles. The minimum atomic E-state index is 0.607. The van der Waals surface area contributed by atoms with Crippen LogP contribution in [0.4, 0.5) is 5.82 Å². The smallest absolute Gasteiger partial charge is 0.147 e. The standard InChI is InChI=1S/C16H13BrClN3/c1-10-2-3-11(8-19)16(20-10)21-7-6-12-13(9-21)15(18)5-4-14(12)17/h2-5H,6-7,9H2,1H3. The highest BCUT2D eigenvalue weighted by Gasteiger charge is 2.23. The number of hydrogen-bond acceptors (Lipinski definition) is 3. The molecular weight excluding hydrogens is 350 g/mol. The fourth-order valence-corrected chi connectivity index (χ4v) is 3.45. The Kier molecular flexibility index (Phi) is 3.88. The van der Waals surface area contributed by atoms with E-state index in [-0.39, 0.29) is 0 Å². The number of nitriles is 1. The summed E-state index contributed by atoms with van der Waals surface area (Å²) in [7, 11) is 0. The number of aryl methyl sites for hydroxylation is 1. The van der Waals surface area contributed by atoms with Gasteiger partial charge in [-0.25, -0.2) is 4.98 Å². The third-order valence-electron chi connectivity index (χ3n) is 3.73. The largest absolute Gasteiger partial charge is 0.351 e. The zero-order valence-corrected chi connectivity index (χ0v) is 13.9. The molecular formula is C16H13BrClN3. The number of anilines is 1. The van der Waals surface area contributed by atoms with Crippen LogP contribution in [0.3, 0.4) is 0 Å². The number of hydrogen-bond donors (Lipinski definition) is 0. The Bertz CT molecular complexity index is 752. The number of nitrogens with zero attached hydrogens (tertiary/aromatic N) is 3. The summed E-state index contributed by atoms with van der Waals surface area (Å²) in [6.45, 7) is 3.45. The topological polar surface area (TPSA) is 39.9 Å². The van der Waals surface area contributed by atoms with Gasteiger partial charge in [-0.15, -0.1) is 0 Å². The number of benzene rings is 1. The Morgan fingerprint density at radius 3 is 2.86 bits per heavy atom. The fourth-order valence-electron chi connectivity index (χ4n) is 2.65. The van der Waals surface area contributed by atoms with Crippen molar-refractivity contribution >= 4 is 33.3 Å². The monoisotopic (exact) mass is 361 g/mol. The van der Waals surface area contributed by atoms with Gasteiger partial charge in [-0.1, -0.05) is 27.5 Å². The predicted molar refractivity (Wildman–Crippen MR) is 87.6 cm³/mol. The highest BCUT2D eigenvalue weighted by atomic mass is 79.9. The van der Waals surface area contributed by atoms with E-state index < -0.39 is 0 Å². The van der Waals surface area contributed by atoms with Gasteiger partial charge in [-0.2, -0.15) is 5.26 Å². The molecule has 0 unspecified atom stereocenters. The third kappa shape index (κ3) is 2.64.